The molecule has 0 saturated heterocycles. The van der Waals surface area contributed by atoms with Gasteiger partial charge in [-0.25, -0.2) is 0 Å². The number of hydrogen-bond acceptors (Lipinski definition) is 2. The van der Waals surface area contributed by atoms with Crippen molar-refractivity contribution in [2.45, 2.75) is 52.6 Å². The first-order valence-corrected chi connectivity index (χ1v) is 8.50. The predicted octanol–water partition coefficient (Wildman–Crippen LogP) is 4.75. The van der Waals surface area contributed by atoms with E-state index >= 15 is 0 Å². The van der Waals surface area contributed by atoms with E-state index < -0.39 is 0 Å². The van der Waals surface area contributed by atoms with E-state index in [-0.39, 0.29) is 0 Å². The Morgan fingerprint density at radius 3 is 2.52 bits per heavy atom. The van der Waals surface area contributed by atoms with Gasteiger partial charge in [-0.2, -0.15) is 0 Å². The molecular formula is C18H31ClN2. The van der Waals surface area contributed by atoms with Gasteiger partial charge in [0, 0.05) is 17.1 Å². The molecule has 0 fully saturated rings. The van der Waals surface area contributed by atoms with Crippen LogP contribution in [0.25, 0.3) is 0 Å². The Labute approximate surface area is 135 Å². The van der Waals surface area contributed by atoms with E-state index in [9.17, 15) is 0 Å². The zero-order valence-electron chi connectivity index (χ0n) is 14.2. The van der Waals surface area contributed by atoms with Gasteiger partial charge in [-0.05, 0) is 63.5 Å². The second-order valence-corrected chi connectivity index (χ2v) is 6.85. The van der Waals surface area contributed by atoms with Crippen LogP contribution in [0.4, 0.5) is 0 Å². The number of halogens is 1. The van der Waals surface area contributed by atoms with Crippen LogP contribution >= 0.6 is 11.6 Å². The Morgan fingerprint density at radius 2 is 1.95 bits per heavy atom. The molecule has 120 valence electrons. The highest BCUT2D eigenvalue weighted by molar-refractivity contribution is 6.30. The molecule has 0 saturated carbocycles. The predicted molar refractivity (Wildman–Crippen MR) is 94.0 cm³/mol. The monoisotopic (exact) mass is 310 g/mol. The minimum Gasteiger partial charge on any atom is -0.310 e. The summed E-state index contributed by atoms with van der Waals surface area (Å²) in [6, 6.07) is 9.22. The van der Waals surface area contributed by atoms with Crippen molar-refractivity contribution in [3.05, 3.63) is 34.9 Å². The molecule has 1 aromatic carbocycles. The maximum atomic E-state index is 6.12. The Morgan fingerprint density at radius 1 is 1.24 bits per heavy atom. The lowest BCUT2D eigenvalue weighted by Crippen LogP contribution is -2.33. The molecule has 1 N–H and O–H groups in total. The molecule has 0 aliphatic rings. The maximum absolute atomic E-state index is 6.12. The summed E-state index contributed by atoms with van der Waals surface area (Å²) in [6.07, 6.45) is 2.35. The van der Waals surface area contributed by atoms with Crippen molar-refractivity contribution in [2.75, 3.05) is 20.1 Å². The van der Waals surface area contributed by atoms with Crippen molar-refractivity contribution < 1.29 is 0 Å². The zero-order chi connectivity index (χ0) is 15.8. The highest BCUT2D eigenvalue weighted by Crippen LogP contribution is 2.21. The van der Waals surface area contributed by atoms with Crippen LogP contribution in [0.1, 0.15) is 52.1 Å². The Kier molecular flexibility index (Phi) is 8.31. The maximum Gasteiger partial charge on any atom is 0.0409 e. The average Bonchev–Trinajstić information content (AvgIpc) is 2.42. The molecular weight excluding hydrogens is 280 g/mol. The molecule has 0 radical (unpaired) electrons. The highest BCUT2D eigenvalue weighted by Gasteiger charge is 2.15. The van der Waals surface area contributed by atoms with Crippen LogP contribution in [0.15, 0.2) is 24.3 Å². The fourth-order valence-corrected chi connectivity index (χ4v) is 2.97. The second kappa shape index (κ2) is 9.45. The van der Waals surface area contributed by atoms with Crippen molar-refractivity contribution in [1.82, 2.24) is 10.2 Å². The molecule has 0 aliphatic heterocycles. The van der Waals surface area contributed by atoms with Gasteiger partial charge in [-0.15, -0.1) is 0 Å². The molecule has 0 aromatic heterocycles. The van der Waals surface area contributed by atoms with E-state index in [1.54, 1.807) is 0 Å². The van der Waals surface area contributed by atoms with Gasteiger partial charge in [-0.3, -0.25) is 0 Å². The van der Waals surface area contributed by atoms with Crippen LogP contribution in [0.2, 0.25) is 5.02 Å². The van der Waals surface area contributed by atoms with E-state index in [0.29, 0.717) is 12.1 Å². The molecule has 21 heavy (non-hydrogen) atoms. The van der Waals surface area contributed by atoms with E-state index in [1.165, 1.54) is 12.0 Å². The summed E-state index contributed by atoms with van der Waals surface area (Å²) in [6.45, 7) is 11.1. The van der Waals surface area contributed by atoms with Gasteiger partial charge < -0.3 is 10.2 Å². The SMILES string of the molecule is CCNC(CCN(C)C(C)CC(C)C)c1cccc(Cl)c1. The molecule has 1 rings (SSSR count). The third-order valence-electron chi connectivity index (χ3n) is 4.04. The summed E-state index contributed by atoms with van der Waals surface area (Å²) in [5, 5.41) is 4.39. The third kappa shape index (κ3) is 6.82. The van der Waals surface area contributed by atoms with Crippen LogP contribution in [0.3, 0.4) is 0 Å². The molecule has 0 aliphatic carbocycles. The number of rotatable bonds is 9. The molecule has 2 atom stereocenters. The standard InChI is InChI=1S/C18H31ClN2/c1-6-20-18(16-8-7-9-17(19)13-16)10-11-21(5)15(4)12-14(2)3/h7-9,13-15,18,20H,6,10-12H2,1-5H3. The van der Waals surface area contributed by atoms with Crippen LogP contribution < -0.4 is 5.32 Å². The minimum atomic E-state index is 0.377. The summed E-state index contributed by atoms with van der Waals surface area (Å²) >= 11 is 6.12. The number of benzene rings is 1. The molecule has 0 bridgehead atoms. The molecule has 0 amide bonds. The van der Waals surface area contributed by atoms with Crippen molar-refractivity contribution >= 4 is 11.6 Å². The topological polar surface area (TPSA) is 15.3 Å². The fourth-order valence-electron chi connectivity index (χ4n) is 2.77. The number of nitrogens with one attached hydrogen (secondary N) is 1. The molecule has 0 heterocycles. The molecule has 2 nitrogen and oxygen atoms in total. The minimum absolute atomic E-state index is 0.377. The van der Waals surface area contributed by atoms with Gasteiger partial charge in [-0.1, -0.05) is 44.5 Å². The summed E-state index contributed by atoms with van der Waals surface area (Å²) in [5.41, 5.74) is 1.29. The van der Waals surface area contributed by atoms with Crippen molar-refractivity contribution in [3.63, 3.8) is 0 Å². The first-order chi connectivity index (χ1) is 9.93. The first kappa shape index (κ1) is 18.5. The normalized spacial score (nSPS) is 14.7. The quantitative estimate of drug-likeness (QED) is 0.708. The fraction of sp³-hybridized carbons (Fsp3) is 0.667. The number of hydrogen-bond donors (Lipinski definition) is 1. The van der Waals surface area contributed by atoms with E-state index in [1.807, 2.05) is 12.1 Å². The smallest absolute Gasteiger partial charge is 0.0409 e. The van der Waals surface area contributed by atoms with Gasteiger partial charge >= 0.3 is 0 Å². The van der Waals surface area contributed by atoms with E-state index in [4.69, 9.17) is 11.6 Å². The summed E-state index contributed by atoms with van der Waals surface area (Å²) in [5.74, 6) is 0.750. The lowest BCUT2D eigenvalue weighted by atomic mass is 10.0. The van der Waals surface area contributed by atoms with E-state index in [2.05, 4.69) is 57.1 Å². The van der Waals surface area contributed by atoms with Crippen LogP contribution in [0.5, 0.6) is 0 Å². The highest BCUT2D eigenvalue weighted by atomic mass is 35.5. The summed E-state index contributed by atoms with van der Waals surface area (Å²) in [7, 11) is 2.23. The Hall–Kier alpha value is -0.570. The lowest BCUT2D eigenvalue weighted by molar-refractivity contribution is 0.217. The molecule has 3 heteroatoms. The summed E-state index contributed by atoms with van der Waals surface area (Å²) < 4.78 is 0. The van der Waals surface area contributed by atoms with Gasteiger partial charge in [0.25, 0.3) is 0 Å². The summed E-state index contributed by atoms with van der Waals surface area (Å²) in [4.78, 5) is 2.47. The third-order valence-corrected chi connectivity index (χ3v) is 4.27. The van der Waals surface area contributed by atoms with E-state index in [0.717, 1.165) is 30.5 Å². The van der Waals surface area contributed by atoms with Gasteiger partial charge in [0.1, 0.15) is 0 Å². The van der Waals surface area contributed by atoms with Gasteiger partial charge in [0.15, 0.2) is 0 Å². The largest absolute Gasteiger partial charge is 0.310 e. The van der Waals surface area contributed by atoms with Crippen molar-refractivity contribution in [2.24, 2.45) is 5.92 Å². The average molecular weight is 311 g/mol. The Balaban J connectivity index is 2.59. The second-order valence-electron chi connectivity index (χ2n) is 6.41. The van der Waals surface area contributed by atoms with Crippen LogP contribution in [-0.2, 0) is 0 Å². The van der Waals surface area contributed by atoms with Gasteiger partial charge in [0.05, 0.1) is 0 Å². The van der Waals surface area contributed by atoms with Gasteiger partial charge in [0.2, 0.25) is 0 Å². The lowest BCUT2D eigenvalue weighted by Gasteiger charge is -2.28. The molecule has 2 unspecified atom stereocenters. The van der Waals surface area contributed by atoms with Crippen molar-refractivity contribution in [1.29, 1.82) is 0 Å². The van der Waals surface area contributed by atoms with Crippen LogP contribution in [0, 0.1) is 5.92 Å². The number of nitrogens with zero attached hydrogens (tertiary/aromatic N) is 1. The molecule has 1 aromatic rings. The van der Waals surface area contributed by atoms with Crippen molar-refractivity contribution in [3.8, 4) is 0 Å². The Bertz CT molecular complexity index is 406. The first-order valence-electron chi connectivity index (χ1n) is 8.13. The van der Waals surface area contributed by atoms with Crippen LogP contribution in [-0.4, -0.2) is 31.1 Å². The zero-order valence-corrected chi connectivity index (χ0v) is 15.0. The molecule has 0 spiro atoms.